The fraction of sp³-hybridized carbons (Fsp3) is 0.500. The van der Waals surface area contributed by atoms with E-state index in [1.54, 1.807) is 0 Å². The SMILES string of the molecule is O=S(=O)(O)O.c1cncc([C@@H]2CCCCN2)c1. The lowest BCUT2D eigenvalue weighted by Crippen LogP contribution is -2.26. The maximum Gasteiger partial charge on any atom is 0.394 e. The van der Waals surface area contributed by atoms with Gasteiger partial charge in [-0.2, -0.15) is 8.42 Å². The molecule has 0 aliphatic carbocycles. The molecule has 6 nitrogen and oxygen atoms in total. The molecule has 1 fully saturated rings. The average molecular weight is 260 g/mol. The molecule has 0 unspecified atom stereocenters. The van der Waals surface area contributed by atoms with Crippen LogP contribution in [0.2, 0.25) is 0 Å². The zero-order valence-corrected chi connectivity index (χ0v) is 10.1. The van der Waals surface area contributed by atoms with Gasteiger partial charge in [-0.25, -0.2) is 0 Å². The summed E-state index contributed by atoms with van der Waals surface area (Å²) in [6, 6.07) is 4.70. The second-order valence-electron chi connectivity index (χ2n) is 3.74. The molecule has 1 aromatic heterocycles. The first kappa shape index (κ1) is 14.0. The minimum Gasteiger partial charge on any atom is -0.310 e. The van der Waals surface area contributed by atoms with Crippen molar-refractivity contribution in [3.8, 4) is 0 Å². The third-order valence-electron chi connectivity index (χ3n) is 2.40. The van der Waals surface area contributed by atoms with E-state index in [0.717, 1.165) is 6.54 Å². The summed E-state index contributed by atoms with van der Waals surface area (Å²) in [6.45, 7) is 1.15. The third-order valence-corrected chi connectivity index (χ3v) is 2.40. The molecule has 96 valence electrons. The Morgan fingerprint density at radius 1 is 1.35 bits per heavy atom. The fourth-order valence-corrected chi connectivity index (χ4v) is 1.72. The number of hydrogen-bond acceptors (Lipinski definition) is 4. The Hall–Kier alpha value is -1.02. The van der Waals surface area contributed by atoms with Crippen molar-refractivity contribution in [3.63, 3.8) is 0 Å². The van der Waals surface area contributed by atoms with Gasteiger partial charge in [-0.15, -0.1) is 0 Å². The molecule has 1 aliphatic heterocycles. The van der Waals surface area contributed by atoms with Crippen molar-refractivity contribution < 1.29 is 17.5 Å². The maximum atomic E-state index is 8.74. The summed E-state index contributed by atoms with van der Waals surface area (Å²) in [7, 11) is -4.67. The summed E-state index contributed by atoms with van der Waals surface area (Å²) in [6.07, 6.45) is 7.70. The Bertz CT molecular complexity index is 407. The third kappa shape index (κ3) is 7.01. The molecule has 1 aromatic rings. The molecule has 1 atom stereocenters. The van der Waals surface area contributed by atoms with Crippen molar-refractivity contribution in [1.29, 1.82) is 0 Å². The van der Waals surface area contributed by atoms with Gasteiger partial charge in [0.15, 0.2) is 0 Å². The first-order valence-corrected chi connectivity index (χ1v) is 6.70. The molecule has 7 heteroatoms. The Labute approximate surface area is 101 Å². The van der Waals surface area contributed by atoms with Gasteiger partial charge >= 0.3 is 10.4 Å². The highest BCUT2D eigenvalue weighted by molar-refractivity contribution is 7.79. The molecule has 2 rings (SSSR count). The van der Waals surface area contributed by atoms with Crippen molar-refractivity contribution in [2.75, 3.05) is 6.54 Å². The first-order chi connectivity index (χ1) is 7.97. The number of nitrogens with zero attached hydrogens (tertiary/aromatic N) is 1. The topological polar surface area (TPSA) is 99.5 Å². The summed E-state index contributed by atoms with van der Waals surface area (Å²) in [5.74, 6) is 0. The standard InChI is InChI=1S/C10H14N2.H2O4S/c1-2-7-12-10(5-1)9-4-3-6-11-8-9;1-5(2,3)4/h3-4,6,8,10,12H,1-2,5,7H2;(H2,1,2,3,4)/t10-;/m0./s1. The van der Waals surface area contributed by atoms with E-state index in [0.29, 0.717) is 6.04 Å². The van der Waals surface area contributed by atoms with Gasteiger partial charge in [-0.05, 0) is 31.0 Å². The maximum absolute atomic E-state index is 8.74. The molecular weight excluding hydrogens is 244 g/mol. The lowest BCUT2D eigenvalue weighted by atomic mass is 9.99. The number of aromatic nitrogens is 1. The van der Waals surface area contributed by atoms with E-state index in [4.69, 9.17) is 17.5 Å². The molecule has 3 N–H and O–H groups in total. The number of hydrogen-bond donors (Lipinski definition) is 3. The van der Waals surface area contributed by atoms with Crippen LogP contribution in [0, 0.1) is 0 Å². The monoisotopic (exact) mass is 260 g/mol. The van der Waals surface area contributed by atoms with Gasteiger partial charge < -0.3 is 5.32 Å². The summed E-state index contributed by atoms with van der Waals surface area (Å²) >= 11 is 0. The van der Waals surface area contributed by atoms with Gasteiger partial charge in [0.05, 0.1) is 0 Å². The molecule has 1 saturated heterocycles. The van der Waals surface area contributed by atoms with E-state index in [1.165, 1.54) is 24.8 Å². The Kier molecular flexibility index (Phi) is 5.49. The van der Waals surface area contributed by atoms with Crippen molar-refractivity contribution in [2.45, 2.75) is 25.3 Å². The highest BCUT2D eigenvalue weighted by atomic mass is 32.3. The molecular formula is C10H16N2O4S. The summed E-state index contributed by atoms with van der Waals surface area (Å²) in [4.78, 5) is 4.12. The van der Waals surface area contributed by atoms with Crippen LogP contribution in [0.25, 0.3) is 0 Å². The van der Waals surface area contributed by atoms with Crippen LogP contribution in [0.4, 0.5) is 0 Å². The van der Waals surface area contributed by atoms with Gasteiger partial charge in [0, 0.05) is 18.4 Å². The van der Waals surface area contributed by atoms with Crippen molar-refractivity contribution >= 4 is 10.4 Å². The second-order valence-corrected chi connectivity index (χ2v) is 4.63. The molecule has 0 bridgehead atoms. The summed E-state index contributed by atoms with van der Waals surface area (Å²) in [5, 5.41) is 3.50. The van der Waals surface area contributed by atoms with E-state index in [2.05, 4.69) is 16.4 Å². The first-order valence-electron chi connectivity index (χ1n) is 5.30. The quantitative estimate of drug-likeness (QED) is 0.657. The Balaban J connectivity index is 0.000000249. The van der Waals surface area contributed by atoms with Crippen molar-refractivity contribution in [2.24, 2.45) is 0 Å². The van der Waals surface area contributed by atoms with Gasteiger partial charge in [-0.3, -0.25) is 14.1 Å². The second kappa shape index (κ2) is 6.65. The molecule has 1 aliphatic rings. The van der Waals surface area contributed by atoms with Crippen LogP contribution in [-0.2, 0) is 10.4 Å². The van der Waals surface area contributed by atoms with E-state index in [9.17, 15) is 0 Å². The van der Waals surface area contributed by atoms with E-state index in [-0.39, 0.29) is 0 Å². The zero-order valence-electron chi connectivity index (χ0n) is 9.28. The molecule has 0 saturated carbocycles. The molecule has 0 aromatic carbocycles. The van der Waals surface area contributed by atoms with E-state index >= 15 is 0 Å². The minimum atomic E-state index is -4.67. The number of rotatable bonds is 1. The van der Waals surface area contributed by atoms with Crippen LogP contribution in [0.3, 0.4) is 0 Å². The number of piperidine rings is 1. The molecule has 0 amide bonds. The van der Waals surface area contributed by atoms with Crippen LogP contribution in [0.5, 0.6) is 0 Å². The molecule has 2 heterocycles. The van der Waals surface area contributed by atoms with E-state index in [1.807, 2.05) is 18.5 Å². The molecule has 0 radical (unpaired) electrons. The van der Waals surface area contributed by atoms with Gasteiger partial charge in [0.2, 0.25) is 0 Å². The van der Waals surface area contributed by atoms with Crippen LogP contribution in [0.1, 0.15) is 30.9 Å². The predicted octanol–water partition coefficient (Wildman–Crippen LogP) is 1.24. The van der Waals surface area contributed by atoms with E-state index < -0.39 is 10.4 Å². The normalized spacial score (nSPS) is 20.2. The Morgan fingerprint density at radius 2 is 2.06 bits per heavy atom. The predicted molar refractivity (Wildman–Crippen MR) is 63.0 cm³/mol. The largest absolute Gasteiger partial charge is 0.394 e. The molecule has 17 heavy (non-hydrogen) atoms. The average Bonchev–Trinajstić information content (AvgIpc) is 2.29. The van der Waals surface area contributed by atoms with Crippen LogP contribution in [0.15, 0.2) is 24.5 Å². The smallest absolute Gasteiger partial charge is 0.310 e. The van der Waals surface area contributed by atoms with Crippen LogP contribution < -0.4 is 5.32 Å². The van der Waals surface area contributed by atoms with Gasteiger partial charge in [0.1, 0.15) is 0 Å². The number of pyridine rings is 1. The summed E-state index contributed by atoms with van der Waals surface area (Å²) < 4.78 is 31.6. The highest BCUT2D eigenvalue weighted by Gasteiger charge is 2.13. The lowest BCUT2D eigenvalue weighted by Gasteiger charge is -2.23. The van der Waals surface area contributed by atoms with Gasteiger partial charge in [-0.1, -0.05) is 12.5 Å². The van der Waals surface area contributed by atoms with Crippen molar-refractivity contribution in [1.82, 2.24) is 10.3 Å². The van der Waals surface area contributed by atoms with Crippen molar-refractivity contribution in [3.05, 3.63) is 30.1 Å². The van der Waals surface area contributed by atoms with Crippen LogP contribution in [-0.4, -0.2) is 29.1 Å². The summed E-state index contributed by atoms with van der Waals surface area (Å²) in [5.41, 5.74) is 1.33. The molecule has 0 spiro atoms. The highest BCUT2D eigenvalue weighted by Crippen LogP contribution is 2.21. The minimum absolute atomic E-state index is 0.549. The fourth-order valence-electron chi connectivity index (χ4n) is 1.72. The van der Waals surface area contributed by atoms with Gasteiger partial charge in [0.25, 0.3) is 0 Å². The van der Waals surface area contributed by atoms with Crippen LogP contribution >= 0.6 is 0 Å². The zero-order chi connectivity index (χ0) is 12.7. The lowest BCUT2D eigenvalue weighted by molar-refractivity contribution is 0.381. The number of nitrogens with one attached hydrogen (secondary N) is 1. The Morgan fingerprint density at radius 3 is 2.53 bits per heavy atom.